The molecule has 0 saturated carbocycles. The van der Waals surface area contributed by atoms with Crippen molar-refractivity contribution in [3.8, 4) is 0 Å². The fourth-order valence-corrected chi connectivity index (χ4v) is 4.58. The van der Waals surface area contributed by atoms with Crippen LogP contribution in [0.25, 0.3) is 0 Å². The van der Waals surface area contributed by atoms with Gasteiger partial charge in [0.15, 0.2) is 9.84 Å². The molecule has 2 amide bonds. The van der Waals surface area contributed by atoms with Crippen LogP contribution in [-0.4, -0.2) is 37.8 Å². The number of carbonyl (C=O) groups excluding carboxylic acids is 2. The zero-order chi connectivity index (χ0) is 18.7. The fraction of sp³-hybridized carbons (Fsp3) is 0.222. The van der Waals surface area contributed by atoms with Gasteiger partial charge in [-0.3, -0.25) is 9.59 Å². The lowest BCUT2D eigenvalue weighted by Gasteiger charge is -2.11. The van der Waals surface area contributed by atoms with Gasteiger partial charge in [0.05, 0.1) is 11.5 Å². The number of benzene rings is 2. The third-order valence-electron chi connectivity index (χ3n) is 4.06. The molecular weight excluding hydrogens is 376 g/mol. The molecule has 0 spiro atoms. The lowest BCUT2D eigenvalue weighted by Crippen LogP contribution is -2.35. The molecule has 1 heterocycles. The highest BCUT2D eigenvalue weighted by Gasteiger charge is 2.29. The number of nitrogens with one attached hydrogen (secondary N) is 2. The Kier molecular flexibility index (Phi) is 5.29. The lowest BCUT2D eigenvalue weighted by atomic mass is 10.1. The summed E-state index contributed by atoms with van der Waals surface area (Å²) in [6, 6.07) is 12.6. The summed E-state index contributed by atoms with van der Waals surface area (Å²) in [5.41, 5.74) is 1.34. The number of carbonyl (C=O) groups is 2. The lowest BCUT2D eigenvalue weighted by molar-refractivity contribution is 0.0939. The Hall–Kier alpha value is -2.38. The second-order valence-corrected chi connectivity index (χ2v) is 8.78. The van der Waals surface area contributed by atoms with E-state index in [0.29, 0.717) is 28.3 Å². The molecule has 2 aromatic rings. The molecule has 1 aliphatic rings. The van der Waals surface area contributed by atoms with Crippen LogP contribution in [0.5, 0.6) is 0 Å². The van der Waals surface area contributed by atoms with Crippen LogP contribution in [0.2, 0.25) is 5.02 Å². The Morgan fingerprint density at radius 2 is 1.65 bits per heavy atom. The van der Waals surface area contributed by atoms with E-state index in [1.807, 2.05) is 0 Å². The van der Waals surface area contributed by atoms with Crippen molar-refractivity contribution in [2.75, 3.05) is 16.8 Å². The Labute approximate surface area is 156 Å². The van der Waals surface area contributed by atoms with Crippen molar-refractivity contribution < 1.29 is 18.0 Å². The van der Waals surface area contributed by atoms with Gasteiger partial charge in [0.1, 0.15) is 0 Å². The smallest absolute Gasteiger partial charge is 0.255 e. The number of amides is 2. The largest absolute Gasteiger partial charge is 0.348 e. The van der Waals surface area contributed by atoms with Gasteiger partial charge < -0.3 is 10.6 Å². The van der Waals surface area contributed by atoms with Gasteiger partial charge in [-0.15, -0.1) is 0 Å². The van der Waals surface area contributed by atoms with Crippen molar-refractivity contribution in [1.29, 1.82) is 0 Å². The van der Waals surface area contributed by atoms with Crippen LogP contribution in [0.1, 0.15) is 27.1 Å². The van der Waals surface area contributed by atoms with E-state index < -0.39 is 9.84 Å². The summed E-state index contributed by atoms with van der Waals surface area (Å²) < 4.78 is 22.9. The van der Waals surface area contributed by atoms with E-state index in [4.69, 9.17) is 11.6 Å². The molecule has 0 aromatic heterocycles. The highest BCUT2D eigenvalue weighted by molar-refractivity contribution is 7.91. The summed E-state index contributed by atoms with van der Waals surface area (Å²) >= 11 is 5.88. The van der Waals surface area contributed by atoms with Crippen LogP contribution in [0.15, 0.2) is 48.5 Å². The highest BCUT2D eigenvalue weighted by Crippen LogP contribution is 2.16. The minimum Gasteiger partial charge on any atom is -0.348 e. The van der Waals surface area contributed by atoms with Crippen molar-refractivity contribution in [3.63, 3.8) is 0 Å². The molecule has 0 radical (unpaired) electrons. The summed E-state index contributed by atoms with van der Waals surface area (Å²) in [5.74, 6) is -0.602. The topological polar surface area (TPSA) is 92.3 Å². The molecule has 1 fully saturated rings. The van der Waals surface area contributed by atoms with Crippen LogP contribution < -0.4 is 10.6 Å². The third kappa shape index (κ3) is 4.62. The molecule has 1 aliphatic heterocycles. The van der Waals surface area contributed by atoms with Gasteiger partial charge in [0, 0.05) is 27.9 Å². The van der Waals surface area contributed by atoms with Crippen molar-refractivity contribution in [2.24, 2.45) is 0 Å². The first-order chi connectivity index (χ1) is 12.3. The van der Waals surface area contributed by atoms with Gasteiger partial charge in [-0.25, -0.2) is 8.42 Å². The standard InChI is InChI=1S/C18H17ClN2O4S/c19-14-2-1-3-15(10-14)20-17(22)12-4-6-13(7-5-12)18(23)21-16-8-9-26(24,25)11-16/h1-7,10,16H,8-9,11H2,(H,20,22)(H,21,23). The molecule has 2 N–H and O–H groups in total. The molecule has 1 unspecified atom stereocenters. The molecule has 136 valence electrons. The van der Waals surface area contributed by atoms with Crippen molar-refractivity contribution in [1.82, 2.24) is 5.32 Å². The first-order valence-electron chi connectivity index (χ1n) is 8.01. The van der Waals surface area contributed by atoms with Gasteiger partial charge in [-0.1, -0.05) is 17.7 Å². The maximum absolute atomic E-state index is 12.2. The van der Waals surface area contributed by atoms with Gasteiger partial charge in [-0.05, 0) is 48.9 Å². The second-order valence-electron chi connectivity index (χ2n) is 6.12. The number of hydrogen-bond donors (Lipinski definition) is 2. The summed E-state index contributed by atoms with van der Waals surface area (Å²) in [5, 5.41) is 5.95. The highest BCUT2D eigenvalue weighted by atomic mass is 35.5. The van der Waals surface area contributed by atoms with Crippen molar-refractivity contribution in [2.45, 2.75) is 12.5 Å². The first-order valence-corrected chi connectivity index (χ1v) is 10.2. The predicted octanol–water partition coefficient (Wildman–Crippen LogP) is 2.51. The maximum Gasteiger partial charge on any atom is 0.255 e. The normalized spacial score (nSPS) is 18.3. The molecule has 1 saturated heterocycles. The van der Waals surface area contributed by atoms with E-state index in [1.54, 1.807) is 36.4 Å². The van der Waals surface area contributed by atoms with E-state index in [1.165, 1.54) is 12.1 Å². The summed E-state index contributed by atoms with van der Waals surface area (Å²) in [4.78, 5) is 24.4. The van der Waals surface area contributed by atoms with Crippen LogP contribution in [0.3, 0.4) is 0 Å². The van der Waals surface area contributed by atoms with E-state index in [2.05, 4.69) is 10.6 Å². The molecule has 0 bridgehead atoms. The SMILES string of the molecule is O=C(Nc1cccc(Cl)c1)c1ccc(C(=O)NC2CCS(=O)(=O)C2)cc1. The van der Waals surface area contributed by atoms with Crippen LogP contribution >= 0.6 is 11.6 Å². The van der Waals surface area contributed by atoms with E-state index in [0.717, 1.165) is 0 Å². The van der Waals surface area contributed by atoms with E-state index >= 15 is 0 Å². The number of hydrogen-bond acceptors (Lipinski definition) is 4. The van der Waals surface area contributed by atoms with Gasteiger partial charge >= 0.3 is 0 Å². The van der Waals surface area contributed by atoms with Gasteiger partial charge in [-0.2, -0.15) is 0 Å². The van der Waals surface area contributed by atoms with Gasteiger partial charge in [0.2, 0.25) is 0 Å². The second kappa shape index (κ2) is 7.47. The zero-order valence-electron chi connectivity index (χ0n) is 13.7. The molecule has 3 rings (SSSR count). The summed E-state index contributed by atoms with van der Waals surface area (Å²) in [7, 11) is -3.05. The maximum atomic E-state index is 12.2. The first kappa shape index (κ1) is 18.4. The minimum atomic E-state index is -3.05. The number of sulfone groups is 1. The zero-order valence-corrected chi connectivity index (χ0v) is 15.3. The quantitative estimate of drug-likeness (QED) is 0.836. The fourth-order valence-electron chi connectivity index (χ4n) is 2.72. The average molecular weight is 393 g/mol. The van der Waals surface area contributed by atoms with E-state index in [9.17, 15) is 18.0 Å². The monoisotopic (exact) mass is 392 g/mol. The number of anilines is 1. The molecule has 1 atom stereocenters. The number of rotatable bonds is 4. The minimum absolute atomic E-state index is 0.0289. The molecule has 8 heteroatoms. The molecule has 0 aliphatic carbocycles. The van der Waals surface area contributed by atoms with Crippen molar-refractivity contribution in [3.05, 3.63) is 64.7 Å². The third-order valence-corrected chi connectivity index (χ3v) is 6.06. The summed E-state index contributed by atoms with van der Waals surface area (Å²) in [6.45, 7) is 0. The molecular formula is C18H17ClN2O4S. The Morgan fingerprint density at radius 3 is 2.23 bits per heavy atom. The Morgan fingerprint density at radius 1 is 1.00 bits per heavy atom. The Bertz CT molecular complexity index is 942. The molecule has 2 aromatic carbocycles. The summed E-state index contributed by atoms with van der Waals surface area (Å²) in [6.07, 6.45) is 0.425. The molecule has 6 nitrogen and oxygen atoms in total. The number of halogens is 1. The van der Waals surface area contributed by atoms with Crippen LogP contribution in [-0.2, 0) is 9.84 Å². The van der Waals surface area contributed by atoms with Gasteiger partial charge in [0.25, 0.3) is 11.8 Å². The van der Waals surface area contributed by atoms with Crippen LogP contribution in [0.4, 0.5) is 5.69 Å². The van der Waals surface area contributed by atoms with Crippen LogP contribution in [0, 0.1) is 0 Å². The van der Waals surface area contributed by atoms with Crippen molar-refractivity contribution >= 4 is 38.9 Å². The predicted molar refractivity (Wildman–Crippen MR) is 100 cm³/mol. The average Bonchev–Trinajstić information content (AvgIpc) is 2.93. The molecule has 26 heavy (non-hydrogen) atoms. The Balaban J connectivity index is 1.62. The van der Waals surface area contributed by atoms with E-state index in [-0.39, 0.29) is 29.4 Å².